The van der Waals surface area contributed by atoms with E-state index in [-0.39, 0.29) is 6.04 Å². The molecule has 1 unspecified atom stereocenters. The number of nitrogens with zero attached hydrogens (tertiary/aromatic N) is 4. The molecule has 6 nitrogen and oxygen atoms in total. The number of imidazole rings is 2. The number of aromatic amines is 2. The fourth-order valence-corrected chi connectivity index (χ4v) is 4.99. The summed E-state index contributed by atoms with van der Waals surface area (Å²) in [7, 11) is 0. The number of anilines is 1. The van der Waals surface area contributed by atoms with Crippen LogP contribution < -0.4 is 4.90 Å². The van der Waals surface area contributed by atoms with Gasteiger partial charge in [-0.25, -0.2) is 9.97 Å². The third kappa shape index (κ3) is 4.42. The highest BCUT2D eigenvalue weighted by atomic mass is 19.4. The van der Waals surface area contributed by atoms with E-state index in [4.69, 9.17) is 9.97 Å². The van der Waals surface area contributed by atoms with Crippen LogP contribution in [0.15, 0.2) is 72.8 Å². The van der Waals surface area contributed by atoms with Gasteiger partial charge in [0, 0.05) is 38.3 Å². The van der Waals surface area contributed by atoms with Crippen LogP contribution >= 0.6 is 0 Å². The van der Waals surface area contributed by atoms with E-state index in [0.29, 0.717) is 38.3 Å². The quantitative estimate of drug-likeness (QED) is 0.338. The van der Waals surface area contributed by atoms with Crippen LogP contribution in [0.2, 0.25) is 0 Å². The first-order valence-corrected chi connectivity index (χ1v) is 12.0. The molecule has 0 amide bonds. The number of aromatic nitrogens is 4. The van der Waals surface area contributed by atoms with E-state index in [2.05, 4.69) is 14.9 Å². The van der Waals surface area contributed by atoms with E-state index in [1.54, 1.807) is 6.07 Å². The number of piperazine rings is 1. The van der Waals surface area contributed by atoms with Crippen molar-refractivity contribution in [2.75, 3.05) is 31.1 Å². The highest BCUT2D eigenvalue weighted by molar-refractivity contribution is 5.75. The molecule has 9 heteroatoms. The average Bonchev–Trinajstić information content (AvgIpc) is 3.50. The molecule has 1 aliphatic rings. The van der Waals surface area contributed by atoms with Gasteiger partial charge in [0.25, 0.3) is 0 Å². The van der Waals surface area contributed by atoms with Crippen LogP contribution in [0.5, 0.6) is 0 Å². The van der Waals surface area contributed by atoms with Crippen molar-refractivity contribution in [1.29, 1.82) is 0 Å². The molecular formula is C27H25F3N6. The molecule has 0 bridgehead atoms. The van der Waals surface area contributed by atoms with Crippen molar-refractivity contribution in [3.63, 3.8) is 0 Å². The van der Waals surface area contributed by atoms with Crippen molar-refractivity contribution in [1.82, 2.24) is 24.8 Å². The number of para-hydroxylation sites is 4. The Kier molecular flexibility index (Phi) is 5.64. The fourth-order valence-electron chi connectivity index (χ4n) is 4.99. The topological polar surface area (TPSA) is 63.8 Å². The van der Waals surface area contributed by atoms with Gasteiger partial charge in [-0.3, -0.25) is 4.90 Å². The van der Waals surface area contributed by atoms with Gasteiger partial charge in [0.1, 0.15) is 11.6 Å². The van der Waals surface area contributed by atoms with Gasteiger partial charge in [-0.2, -0.15) is 13.2 Å². The highest BCUT2D eigenvalue weighted by Crippen LogP contribution is 2.33. The largest absolute Gasteiger partial charge is 0.416 e. The Bertz CT molecular complexity index is 1430. The van der Waals surface area contributed by atoms with E-state index < -0.39 is 11.7 Å². The fraction of sp³-hybridized carbons (Fsp3) is 0.259. The Morgan fingerprint density at radius 3 is 2.11 bits per heavy atom. The van der Waals surface area contributed by atoms with Crippen LogP contribution in [0.4, 0.5) is 18.9 Å². The molecule has 36 heavy (non-hydrogen) atoms. The molecule has 0 spiro atoms. The van der Waals surface area contributed by atoms with Crippen LogP contribution in [-0.4, -0.2) is 51.0 Å². The lowest BCUT2D eigenvalue weighted by Crippen LogP contribution is -2.48. The van der Waals surface area contributed by atoms with Crippen molar-refractivity contribution in [3.05, 3.63) is 90.0 Å². The van der Waals surface area contributed by atoms with Crippen molar-refractivity contribution in [2.24, 2.45) is 0 Å². The maximum Gasteiger partial charge on any atom is 0.416 e. The number of rotatable bonds is 5. The Morgan fingerprint density at radius 1 is 0.778 bits per heavy atom. The monoisotopic (exact) mass is 490 g/mol. The number of hydrogen-bond donors (Lipinski definition) is 2. The molecule has 184 valence electrons. The molecule has 3 aromatic carbocycles. The van der Waals surface area contributed by atoms with Gasteiger partial charge in [-0.15, -0.1) is 0 Å². The van der Waals surface area contributed by atoms with Gasteiger partial charge in [0.05, 0.1) is 33.7 Å². The smallest absolute Gasteiger partial charge is 0.369 e. The minimum Gasteiger partial charge on any atom is -0.369 e. The van der Waals surface area contributed by atoms with Crippen LogP contribution in [-0.2, 0) is 12.6 Å². The normalized spacial score (nSPS) is 16.1. The molecule has 0 radical (unpaired) electrons. The molecule has 1 fully saturated rings. The minimum atomic E-state index is -4.35. The summed E-state index contributed by atoms with van der Waals surface area (Å²) in [4.78, 5) is 20.9. The highest BCUT2D eigenvalue weighted by Gasteiger charge is 2.32. The molecule has 0 saturated carbocycles. The lowest BCUT2D eigenvalue weighted by Gasteiger charge is -2.39. The second kappa shape index (κ2) is 8.98. The average molecular weight is 491 g/mol. The molecule has 6 rings (SSSR count). The maximum atomic E-state index is 13.2. The zero-order chi connectivity index (χ0) is 24.7. The van der Waals surface area contributed by atoms with Crippen molar-refractivity contribution >= 4 is 27.8 Å². The van der Waals surface area contributed by atoms with Crippen LogP contribution in [0.3, 0.4) is 0 Å². The number of H-pyrrole nitrogens is 2. The third-order valence-electron chi connectivity index (χ3n) is 6.84. The third-order valence-corrected chi connectivity index (χ3v) is 6.84. The summed E-state index contributed by atoms with van der Waals surface area (Å²) in [5, 5.41) is 0. The second-order valence-electron chi connectivity index (χ2n) is 9.13. The van der Waals surface area contributed by atoms with Gasteiger partial charge in [0.15, 0.2) is 0 Å². The predicted octanol–water partition coefficient (Wildman–Crippen LogP) is 5.56. The lowest BCUT2D eigenvalue weighted by atomic mass is 10.1. The molecular weight excluding hydrogens is 465 g/mol. The van der Waals surface area contributed by atoms with Crippen molar-refractivity contribution in [2.45, 2.75) is 18.6 Å². The van der Waals surface area contributed by atoms with E-state index in [9.17, 15) is 13.2 Å². The summed E-state index contributed by atoms with van der Waals surface area (Å²) in [6.45, 7) is 2.63. The Morgan fingerprint density at radius 2 is 1.44 bits per heavy atom. The standard InChI is InChI=1S/C27H25F3N6/c28-27(29,30)18-6-5-7-19(16-18)35-12-14-36(15-13-35)24(26-33-22-10-3-4-11-23(22)34-26)17-25-31-20-8-1-2-9-21(20)32-25/h1-11,16,24H,12-15,17H2,(H,31,32)(H,33,34). The van der Waals surface area contributed by atoms with E-state index in [1.807, 2.05) is 53.4 Å². The maximum absolute atomic E-state index is 13.2. The molecule has 1 saturated heterocycles. The lowest BCUT2D eigenvalue weighted by molar-refractivity contribution is -0.137. The van der Waals surface area contributed by atoms with Gasteiger partial charge in [-0.05, 0) is 42.5 Å². The van der Waals surface area contributed by atoms with Crippen LogP contribution in [0, 0.1) is 0 Å². The number of halogens is 3. The van der Waals surface area contributed by atoms with E-state index >= 15 is 0 Å². The van der Waals surface area contributed by atoms with E-state index in [0.717, 1.165) is 39.8 Å². The first-order valence-electron chi connectivity index (χ1n) is 12.0. The van der Waals surface area contributed by atoms with Crippen LogP contribution in [0.25, 0.3) is 22.1 Å². The summed E-state index contributed by atoms with van der Waals surface area (Å²) in [5.74, 6) is 1.74. The van der Waals surface area contributed by atoms with Crippen molar-refractivity contribution < 1.29 is 13.2 Å². The second-order valence-corrected chi connectivity index (χ2v) is 9.13. The number of alkyl halides is 3. The van der Waals surface area contributed by atoms with Crippen molar-refractivity contribution in [3.8, 4) is 0 Å². The summed E-state index contributed by atoms with van der Waals surface area (Å²) in [6, 6.07) is 21.4. The Hall–Kier alpha value is -3.85. The first-order chi connectivity index (χ1) is 17.4. The van der Waals surface area contributed by atoms with Gasteiger partial charge >= 0.3 is 6.18 Å². The molecule has 5 aromatic rings. The van der Waals surface area contributed by atoms with Gasteiger partial charge in [-0.1, -0.05) is 30.3 Å². The summed E-state index contributed by atoms with van der Waals surface area (Å²) in [6.07, 6.45) is -3.71. The number of nitrogens with one attached hydrogen (secondary N) is 2. The molecule has 3 heterocycles. The van der Waals surface area contributed by atoms with Gasteiger partial charge < -0.3 is 14.9 Å². The molecule has 1 aliphatic heterocycles. The Balaban J connectivity index is 1.26. The van der Waals surface area contributed by atoms with E-state index in [1.165, 1.54) is 12.1 Å². The molecule has 2 N–H and O–H groups in total. The number of hydrogen-bond acceptors (Lipinski definition) is 4. The summed E-state index contributed by atoms with van der Waals surface area (Å²) in [5.41, 5.74) is 3.78. The SMILES string of the molecule is FC(F)(F)c1cccc(N2CCN(C(Cc3nc4ccccc4[nH]3)c3nc4ccccc4[nH]3)CC2)c1. The zero-order valence-electron chi connectivity index (χ0n) is 19.5. The molecule has 2 aromatic heterocycles. The first kappa shape index (κ1) is 22.6. The summed E-state index contributed by atoms with van der Waals surface area (Å²) < 4.78 is 39.6. The minimum absolute atomic E-state index is 0.0541. The predicted molar refractivity (Wildman–Crippen MR) is 134 cm³/mol. The summed E-state index contributed by atoms with van der Waals surface area (Å²) >= 11 is 0. The molecule has 1 atom stereocenters. The number of benzene rings is 3. The zero-order valence-corrected chi connectivity index (χ0v) is 19.5. The van der Waals surface area contributed by atoms with Gasteiger partial charge in [0.2, 0.25) is 0 Å². The Labute approximate surface area is 205 Å². The number of fused-ring (bicyclic) bond motifs is 2. The van der Waals surface area contributed by atoms with Crippen LogP contribution in [0.1, 0.15) is 23.3 Å². The molecule has 0 aliphatic carbocycles.